The van der Waals surface area contributed by atoms with Crippen LogP contribution in [0, 0.1) is 0 Å². The zero-order chi connectivity index (χ0) is 20.8. The maximum absolute atomic E-state index is 12.5. The van der Waals surface area contributed by atoms with Gasteiger partial charge in [0.25, 0.3) is 5.91 Å². The first-order valence-corrected chi connectivity index (χ1v) is 9.87. The van der Waals surface area contributed by atoms with Crippen LogP contribution < -0.4 is 14.8 Å². The molecule has 30 heavy (non-hydrogen) atoms. The summed E-state index contributed by atoms with van der Waals surface area (Å²) < 4.78 is 16.4. The minimum atomic E-state index is -0.125. The largest absolute Gasteiger partial charge is 0.497 e. The van der Waals surface area contributed by atoms with E-state index in [9.17, 15) is 4.79 Å². The summed E-state index contributed by atoms with van der Waals surface area (Å²) in [6, 6.07) is 18.1. The number of aromatic nitrogens is 2. The smallest absolute Gasteiger partial charge is 0.251 e. The molecule has 2 aromatic carbocycles. The number of nitrogens with zero attached hydrogens (tertiary/aromatic N) is 2. The molecule has 3 aromatic rings. The Morgan fingerprint density at radius 1 is 1.10 bits per heavy atom. The summed E-state index contributed by atoms with van der Waals surface area (Å²) in [5.41, 5.74) is 2.04. The highest BCUT2D eigenvalue weighted by Crippen LogP contribution is 2.24. The van der Waals surface area contributed by atoms with Crippen molar-refractivity contribution in [3.05, 3.63) is 66.2 Å². The normalized spacial score (nSPS) is 15.6. The number of hydrogen-bond donors (Lipinski definition) is 1. The molecule has 154 valence electrons. The molecule has 0 unspecified atom stereocenters. The zero-order valence-electron chi connectivity index (χ0n) is 16.7. The summed E-state index contributed by atoms with van der Waals surface area (Å²) in [4.78, 5) is 12.5. The van der Waals surface area contributed by atoms with E-state index in [-0.39, 0.29) is 12.0 Å². The molecule has 0 radical (unpaired) electrons. The summed E-state index contributed by atoms with van der Waals surface area (Å²) in [7, 11) is 1.61. The second kappa shape index (κ2) is 9.37. The molecule has 1 saturated heterocycles. The van der Waals surface area contributed by atoms with Gasteiger partial charge in [0.1, 0.15) is 11.5 Å². The van der Waals surface area contributed by atoms with Gasteiger partial charge in [-0.3, -0.25) is 4.79 Å². The Balaban J connectivity index is 1.40. The standard InChI is InChI=1S/C23H23N3O4/c1-28-18-7-9-19(10-8-18)30-22-12-11-21(25-26-22)16-4-2-5-17(14-16)23(27)24-15-20-6-3-13-29-20/h2,4-5,7-12,14,20H,3,6,13,15H2,1H3,(H,24,27)/t20-/m1/s1. The van der Waals surface area contributed by atoms with Gasteiger partial charge in [0.15, 0.2) is 0 Å². The first-order chi connectivity index (χ1) is 14.7. The molecule has 0 spiro atoms. The Bertz CT molecular complexity index is 984. The Kier molecular flexibility index (Phi) is 6.20. The first-order valence-electron chi connectivity index (χ1n) is 9.87. The minimum absolute atomic E-state index is 0.112. The van der Waals surface area contributed by atoms with Crippen molar-refractivity contribution in [3.63, 3.8) is 0 Å². The molecule has 0 bridgehead atoms. The van der Waals surface area contributed by atoms with E-state index >= 15 is 0 Å². The van der Waals surface area contributed by atoms with Gasteiger partial charge in [-0.15, -0.1) is 10.2 Å². The molecule has 2 heterocycles. The summed E-state index contributed by atoms with van der Waals surface area (Å²) in [5.74, 6) is 1.65. The molecule has 1 atom stereocenters. The molecule has 1 fully saturated rings. The van der Waals surface area contributed by atoms with Crippen LogP contribution in [0.15, 0.2) is 60.7 Å². The highest BCUT2D eigenvalue weighted by molar-refractivity contribution is 5.95. The van der Waals surface area contributed by atoms with Crippen LogP contribution in [0.5, 0.6) is 17.4 Å². The highest BCUT2D eigenvalue weighted by Gasteiger charge is 2.17. The predicted molar refractivity (Wildman–Crippen MR) is 112 cm³/mol. The van der Waals surface area contributed by atoms with E-state index in [2.05, 4.69) is 15.5 Å². The molecule has 0 aliphatic carbocycles. The number of nitrogens with one attached hydrogen (secondary N) is 1. The zero-order valence-corrected chi connectivity index (χ0v) is 16.7. The van der Waals surface area contributed by atoms with Gasteiger partial charge in [0.05, 0.1) is 18.9 Å². The molecule has 0 saturated carbocycles. The summed E-state index contributed by atoms with van der Waals surface area (Å²) in [5, 5.41) is 11.3. The van der Waals surface area contributed by atoms with Crippen molar-refractivity contribution in [1.29, 1.82) is 0 Å². The number of carbonyl (C=O) groups excluding carboxylic acids is 1. The highest BCUT2D eigenvalue weighted by atomic mass is 16.5. The fourth-order valence-corrected chi connectivity index (χ4v) is 3.23. The molecule has 1 aliphatic heterocycles. The average Bonchev–Trinajstić information content (AvgIpc) is 3.32. The second-order valence-corrected chi connectivity index (χ2v) is 6.96. The maximum atomic E-state index is 12.5. The number of benzene rings is 2. The van der Waals surface area contributed by atoms with Gasteiger partial charge in [-0.1, -0.05) is 12.1 Å². The van der Waals surface area contributed by atoms with Gasteiger partial charge in [0.2, 0.25) is 5.88 Å². The van der Waals surface area contributed by atoms with E-state index in [1.165, 1.54) is 0 Å². The third kappa shape index (κ3) is 4.93. The SMILES string of the molecule is COc1ccc(Oc2ccc(-c3cccc(C(=O)NC[C@H]4CCCO4)c3)nn2)cc1. The van der Waals surface area contributed by atoms with Crippen LogP contribution in [0.4, 0.5) is 0 Å². The molecule has 1 amide bonds. The van der Waals surface area contributed by atoms with E-state index < -0.39 is 0 Å². The molecule has 4 rings (SSSR count). The third-order valence-electron chi connectivity index (χ3n) is 4.86. The van der Waals surface area contributed by atoms with Gasteiger partial charge in [0, 0.05) is 30.3 Å². The third-order valence-corrected chi connectivity index (χ3v) is 4.86. The summed E-state index contributed by atoms with van der Waals surface area (Å²) in [6.07, 6.45) is 2.15. The van der Waals surface area contributed by atoms with Gasteiger partial charge in [-0.05, 0) is 55.3 Å². The fourth-order valence-electron chi connectivity index (χ4n) is 3.23. The molecular weight excluding hydrogens is 382 g/mol. The Hall–Kier alpha value is -3.45. The lowest BCUT2D eigenvalue weighted by Gasteiger charge is -2.11. The topological polar surface area (TPSA) is 82.6 Å². The van der Waals surface area contributed by atoms with Crippen molar-refractivity contribution in [1.82, 2.24) is 15.5 Å². The van der Waals surface area contributed by atoms with E-state index in [4.69, 9.17) is 14.2 Å². The van der Waals surface area contributed by atoms with Crippen LogP contribution >= 0.6 is 0 Å². The average molecular weight is 405 g/mol. The molecule has 7 heteroatoms. The van der Waals surface area contributed by atoms with Crippen molar-refractivity contribution in [3.8, 4) is 28.6 Å². The maximum Gasteiger partial charge on any atom is 0.251 e. The van der Waals surface area contributed by atoms with Gasteiger partial charge >= 0.3 is 0 Å². The number of rotatable bonds is 7. The first kappa shape index (κ1) is 19.8. The van der Waals surface area contributed by atoms with E-state index in [0.29, 0.717) is 29.4 Å². The van der Waals surface area contributed by atoms with E-state index in [0.717, 1.165) is 30.8 Å². The Labute approximate surface area is 175 Å². The lowest BCUT2D eigenvalue weighted by atomic mass is 10.1. The van der Waals surface area contributed by atoms with Gasteiger partial charge in [-0.2, -0.15) is 0 Å². The number of carbonyl (C=O) groups is 1. The number of amides is 1. The summed E-state index contributed by atoms with van der Waals surface area (Å²) in [6.45, 7) is 1.30. The van der Waals surface area contributed by atoms with Crippen molar-refractivity contribution in [2.24, 2.45) is 0 Å². The Morgan fingerprint density at radius 3 is 2.63 bits per heavy atom. The van der Waals surface area contributed by atoms with Crippen molar-refractivity contribution in [2.45, 2.75) is 18.9 Å². The molecular formula is C23H23N3O4. The van der Waals surface area contributed by atoms with Crippen molar-refractivity contribution in [2.75, 3.05) is 20.3 Å². The molecule has 1 aliphatic rings. The van der Waals surface area contributed by atoms with Crippen LogP contribution in [-0.2, 0) is 4.74 Å². The van der Waals surface area contributed by atoms with Crippen molar-refractivity contribution < 1.29 is 19.0 Å². The van der Waals surface area contributed by atoms with Crippen LogP contribution in [0.3, 0.4) is 0 Å². The van der Waals surface area contributed by atoms with Crippen LogP contribution in [-0.4, -0.2) is 42.5 Å². The monoisotopic (exact) mass is 405 g/mol. The fraction of sp³-hybridized carbons (Fsp3) is 0.261. The second-order valence-electron chi connectivity index (χ2n) is 6.96. The molecule has 7 nitrogen and oxygen atoms in total. The van der Waals surface area contributed by atoms with E-state index in [1.807, 2.05) is 30.3 Å². The van der Waals surface area contributed by atoms with E-state index in [1.54, 1.807) is 37.4 Å². The van der Waals surface area contributed by atoms with Crippen LogP contribution in [0.1, 0.15) is 23.2 Å². The quantitative estimate of drug-likeness (QED) is 0.643. The minimum Gasteiger partial charge on any atom is -0.497 e. The summed E-state index contributed by atoms with van der Waals surface area (Å²) >= 11 is 0. The molecule has 1 N–H and O–H groups in total. The van der Waals surface area contributed by atoms with Gasteiger partial charge in [-0.25, -0.2) is 0 Å². The number of methoxy groups -OCH3 is 1. The lowest BCUT2D eigenvalue weighted by molar-refractivity contribution is 0.0858. The Morgan fingerprint density at radius 2 is 1.93 bits per heavy atom. The lowest BCUT2D eigenvalue weighted by Crippen LogP contribution is -2.31. The van der Waals surface area contributed by atoms with Gasteiger partial charge < -0.3 is 19.5 Å². The number of ether oxygens (including phenoxy) is 3. The molecule has 1 aromatic heterocycles. The number of hydrogen-bond acceptors (Lipinski definition) is 6. The van der Waals surface area contributed by atoms with Crippen LogP contribution in [0.2, 0.25) is 0 Å². The van der Waals surface area contributed by atoms with Crippen molar-refractivity contribution >= 4 is 5.91 Å². The van der Waals surface area contributed by atoms with Crippen LogP contribution in [0.25, 0.3) is 11.3 Å². The predicted octanol–water partition coefficient (Wildman–Crippen LogP) is 3.85.